The molecule has 0 aliphatic carbocycles. The van der Waals surface area contributed by atoms with Gasteiger partial charge < -0.3 is 5.32 Å². The van der Waals surface area contributed by atoms with Crippen molar-refractivity contribution in [3.8, 4) is 0 Å². The molecule has 0 saturated heterocycles. The second kappa shape index (κ2) is 5.33. The number of thiazole rings is 1. The first-order valence-electron chi connectivity index (χ1n) is 6.93. The van der Waals surface area contributed by atoms with Crippen LogP contribution in [-0.4, -0.2) is 15.3 Å². The number of fused-ring (bicyclic) bond motifs is 1. The molecule has 1 aromatic carbocycles. The number of benzene rings is 1. The number of anilines is 1. The van der Waals surface area contributed by atoms with E-state index < -0.39 is 0 Å². The maximum atomic E-state index is 12.4. The van der Waals surface area contributed by atoms with Gasteiger partial charge in [-0.05, 0) is 31.4 Å². The first-order valence-corrected chi connectivity index (χ1v) is 7.75. The van der Waals surface area contributed by atoms with Gasteiger partial charge in [-0.1, -0.05) is 25.1 Å². The summed E-state index contributed by atoms with van der Waals surface area (Å²) in [6, 6.07) is 6.06. The molecule has 0 aliphatic heterocycles. The third kappa shape index (κ3) is 2.56. The number of carbonyl (C=O) groups excluding carboxylic acids is 1. The fourth-order valence-electron chi connectivity index (χ4n) is 2.40. The highest BCUT2D eigenvalue weighted by molar-refractivity contribution is 7.17. The van der Waals surface area contributed by atoms with Crippen LogP contribution < -0.4 is 5.32 Å². The molecule has 3 rings (SSSR count). The van der Waals surface area contributed by atoms with E-state index in [1.54, 1.807) is 17.5 Å². The molecule has 0 bridgehead atoms. The molecule has 0 fully saturated rings. The number of para-hydroxylation sites is 1. The molecule has 1 amide bonds. The zero-order chi connectivity index (χ0) is 15.0. The summed E-state index contributed by atoms with van der Waals surface area (Å²) >= 11 is 1.58. The molecule has 0 saturated carbocycles. The van der Waals surface area contributed by atoms with Crippen LogP contribution in [-0.2, 0) is 6.42 Å². The van der Waals surface area contributed by atoms with E-state index in [2.05, 4.69) is 17.2 Å². The van der Waals surface area contributed by atoms with Crippen LogP contribution in [0.5, 0.6) is 0 Å². The van der Waals surface area contributed by atoms with Gasteiger partial charge in [-0.3, -0.25) is 9.20 Å². The van der Waals surface area contributed by atoms with Gasteiger partial charge in [0.15, 0.2) is 4.96 Å². The summed E-state index contributed by atoms with van der Waals surface area (Å²) in [5, 5.41) is 3.00. The van der Waals surface area contributed by atoms with Crippen molar-refractivity contribution in [1.82, 2.24) is 9.38 Å². The quantitative estimate of drug-likeness (QED) is 0.799. The van der Waals surface area contributed by atoms with Crippen LogP contribution in [0.1, 0.15) is 33.4 Å². The van der Waals surface area contributed by atoms with E-state index in [1.165, 1.54) is 4.88 Å². The fraction of sp³-hybridized carbons (Fsp3) is 0.250. The summed E-state index contributed by atoms with van der Waals surface area (Å²) in [7, 11) is 0. The molecule has 4 nitrogen and oxygen atoms in total. The normalized spacial score (nSPS) is 11.0. The molecular formula is C16H17N3OS. The van der Waals surface area contributed by atoms with Crippen LogP contribution in [0.25, 0.3) is 4.96 Å². The number of carbonyl (C=O) groups is 1. The molecular weight excluding hydrogens is 282 g/mol. The molecule has 1 N–H and O–H groups in total. The summed E-state index contributed by atoms with van der Waals surface area (Å²) in [6.07, 6.45) is 4.64. The molecule has 21 heavy (non-hydrogen) atoms. The Morgan fingerprint density at radius 3 is 2.86 bits per heavy atom. The minimum atomic E-state index is -0.160. The second-order valence-corrected chi connectivity index (χ2v) is 6.29. The summed E-state index contributed by atoms with van der Waals surface area (Å²) in [6.45, 7) is 6.11. The first-order chi connectivity index (χ1) is 10.1. The van der Waals surface area contributed by atoms with E-state index in [-0.39, 0.29) is 5.91 Å². The monoisotopic (exact) mass is 299 g/mol. The number of aryl methyl sites for hydroxylation is 3. The Hall–Kier alpha value is -2.14. The smallest absolute Gasteiger partial charge is 0.275 e. The molecule has 108 valence electrons. The number of nitrogens with zero attached hydrogens (tertiary/aromatic N) is 2. The van der Waals surface area contributed by atoms with Gasteiger partial charge in [0.25, 0.3) is 5.91 Å². The Bertz CT molecular complexity index is 785. The van der Waals surface area contributed by atoms with Crippen molar-refractivity contribution in [2.24, 2.45) is 0 Å². The molecule has 0 atom stereocenters. The SMILES string of the molecule is CCc1cccc(C)c1NC(=O)c1cn2cc(C)sc2n1. The number of nitrogens with one attached hydrogen (secondary N) is 1. The van der Waals surface area contributed by atoms with Crippen molar-refractivity contribution in [1.29, 1.82) is 0 Å². The number of amides is 1. The van der Waals surface area contributed by atoms with Gasteiger partial charge in [0.05, 0.1) is 0 Å². The summed E-state index contributed by atoms with van der Waals surface area (Å²) in [5.41, 5.74) is 3.56. The molecule has 2 aromatic heterocycles. The Morgan fingerprint density at radius 1 is 1.33 bits per heavy atom. The van der Waals surface area contributed by atoms with E-state index in [0.29, 0.717) is 5.69 Å². The van der Waals surface area contributed by atoms with Crippen molar-refractivity contribution in [3.05, 3.63) is 52.3 Å². The predicted octanol–water partition coefficient (Wildman–Crippen LogP) is 3.83. The van der Waals surface area contributed by atoms with Crippen LogP contribution >= 0.6 is 11.3 Å². The van der Waals surface area contributed by atoms with Crippen molar-refractivity contribution < 1.29 is 4.79 Å². The highest BCUT2D eigenvalue weighted by atomic mass is 32.1. The third-order valence-corrected chi connectivity index (χ3v) is 4.39. The van der Waals surface area contributed by atoms with Gasteiger partial charge in [0.2, 0.25) is 0 Å². The number of hydrogen-bond acceptors (Lipinski definition) is 3. The molecule has 0 aliphatic rings. The van der Waals surface area contributed by atoms with Crippen molar-refractivity contribution >= 4 is 27.9 Å². The fourth-order valence-corrected chi connectivity index (χ4v) is 3.21. The number of aromatic nitrogens is 2. The van der Waals surface area contributed by atoms with Gasteiger partial charge in [0.1, 0.15) is 5.69 Å². The third-order valence-electron chi connectivity index (χ3n) is 3.48. The Morgan fingerprint density at radius 2 is 2.14 bits per heavy atom. The van der Waals surface area contributed by atoms with Crippen molar-refractivity contribution in [2.75, 3.05) is 5.32 Å². The lowest BCUT2D eigenvalue weighted by atomic mass is 10.1. The average molecular weight is 299 g/mol. The van der Waals surface area contributed by atoms with E-state index in [4.69, 9.17) is 0 Å². The lowest BCUT2D eigenvalue weighted by Crippen LogP contribution is -2.14. The highest BCUT2D eigenvalue weighted by Crippen LogP contribution is 2.22. The average Bonchev–Trinajstić information content (AvgIpc) is 2.98. The van der Waals surface area contributed by atoms with E-state index in [1.807, 2.05) is 42.6 Å². The predicted molar refractivity (Wildman–Crippen MR) is 86.3 cm³/mol. The van der Waals surface area contributed by atoms with Gasteiger partial charge in [-0.25, -0.2) is 4.98 Å². The summed E-state index contributed by atoms with van der Waals surface area (Å²) in [4.78, 5) is 18.8. The maximum Gasteiger partial charge on any atom is 0.275 e. The molecule has 5 heteroatoms. The highest BCUT2D eigenvalue weighted by Gasteiger charge is 2.14. The van der Waals surface area contributed by atoms with Crippen LogP contribution in [0.15, 0.2) is 30.6 Å². The van der Waals surface area contributed by atoms with Crippen LogP contribution in [0.3, 0.4) is 0 Å². The standard InChI is InChI=1S/C16H17N3OS/c1-4-12-7-5-6-10(2)14(12)18-15(20)13-9-19-8-11(3)21-16(19)17-13/h5-9H,4H2,1-3H3,(H,18,20). The van der Waals surface area contributed by atoms with Gasteiger partial charge >= 0.3 is 0 Å². The van der Waals surface area contributed by atoms with Gasteiger partial charge in [0, 0.05) is 23.0 Å². The second-order valence-electron chi connectivity index (χ2n) is 5.07. The van der Waals surface area contributed by atoms with Crippen molar-refractivity contribution in [3.63, 3.8) is 0 Å². The van der Waals surface area contributed by atoms with Gasteiger partial charge in [-0.2, -0.15) is 0 Å². The van der Waals surface area contributed by atoms with Crippen LogP contribution in [0, 0.1) is 13.8 Å². The molecule has 0 spiro atoms. The Balaban J connectivity index is 1.90. The summed E-state index contributed by atoms with van der Waals surface area (Å²) < 4.78 is 1.90. The van der Waals surface area contributed by atoms with E-state index in [9.17, 15) is 4.79 Å². The van der Waals surface area contributed by atoms with E-state index in [0.717, 1.165) is 28.2 Å². The lowest BCUT2D eigenvalue weighted by molar-refractivity contribution is 0.102. The minimum Gasteiger partial charge on any atom is -0.320 e. The zero-order valence-corrected chi connectivity index (χ0v) is 13.1. The number of rotatable bonds is 3. The topological polar surface area (TPSA) is 46.4 Å². The van der Waals surface area contributed by atoms with Crippen molar-refractivity contribution in [2.45, 2.75) is 27.2 Å². The Kier molecular flexibility index (Phi) is 3.51. The molecule has 0 unspecified atom stereocenters. The van der Waals surface area contributed by atoms with Crippen LogP contribution in [0.4, 0.5) is 5.69 Å². The largest absolute Gasteiger partial charge is 0.320 e. The van der Waals surface area contributed by atoms with Crippen LogP contribution in [0.2, 0.25) is 0 Å². The molecule has 0 radical (unpaired) electrons. The number of hydrogen-bond donors (Lipinski definition) is 1. The Labute approximate surface area is 127 Å². The zero-order valence-electron chi connectivity index (χ0n) is 12.3. The minimum absolute atomic E-state index is 0.160. The summed E-state index contributed by atoms with van der Waals surface area (Å²) in [5.74, 6) is -0.160. The maximum absolute atomic E-state index is 12.4. The van der Waals surface area contributed by atoms with E-state index >= 15 is 0 Å². The lowest BCUT2D eigenvalue weighted by Gasteiger charge is -2.11. The molecule has 3 aromatic rings. The molecule has 2 heterocycles. The number of imidazole rings is 1. The van der Waals surface area contributed by atoms with Gasteiger partial charge in [-0.15, -0.1) is 11.3 Å². The first kappa shape index (κ1) is 13.8.